The third kappa shape index (κ3) is 5.03. The van der Waals surface area contributed by atoms with Crippen LogP contribution in [0.25, 0.3) is 11.2 Å². The average molecular weight is 462 g/mol. The van der Waals surface area contributed by atoms with Crippen LogP contribution in [0.5, 0.6) is 0 Å². The molecule has 3 rings (SSSR count). The fourth-order valence-electron chi connectivity index (χ4n) is 2.95. The summed E-state index contributed by atoms with van der Waals surface area (Å²) in [6, 6.07) is 0.779. The Morgan fingerprint density at radius 2 is 1.62 bits per heavy atom. The van der Waals surface area contributed by atoms with Gasteiger partial charge in [0.05, 0.1) is 30.1 Å². The second kappa shape index (κ2) is 8.81. The van der Waals surface area contributed by atoms with Gasteiger partial charge in [-0.25, -0.2) is 4.98 Å². The van der Waals surface area contributed by atoms with Crippen molar-refractivity contribution >= 4 is 28.6 Å². The summed E-state index contributed by atoms with van der Waals surface area (Å²) in [5.74, 6) is -0.0379. The molecule has 174 valence electrons. The lowest BCUT2D eigenvalue weighted by molar-refractivity contribution is -0.143. The molecule has 0 radical (unpaired) electrons. The zero-order chi connectivity index (χ0) is 23.7. The number of fused-ring (bicyclic) bond motifs is 1. The minimum absolute atomic E-state index is 0.0409. The van der Waals surface area contributed by atoms with E-state index in [9.17, 15) is 31.4 Å². The minimum atomic E-state index is -4.98. The van der Waals surface area contributed by atoms with E-state index in [1.165, 1.54) is 6.33 Å². The molecule has 0 bridgehead atoms. The van der Waals surface area contributed by atoms with Crippen molar-refractivity contribution in [2.75, 3.05) is 17.2 Å². The monoisotopic (exact) mass is 462 g/mol. The molecule has 0 fully saturated rings. The van der Waals surface area contributed by atoms with Crippen LogP contribution in [0.15, 0.2) is 24.5 Å². The molecule has 1 aromatic carbocycles. The third-order valence-corrected chi connectivity index (χ3v) is 4.70. The molecule has 0 amide bonds. The van der Waals surface area contributed by atoms with Crippen molar-refractivity contribution < 1.29 is 31.4 Å². The molecule has 0 aliphatic heterocycles. The van der Waals surface area contributed by atoms with Gasteiger partial charge < -0.3 is 20.3 Å². The molecular formula is C19H20F6N6O. The first-order valence-corrected chi connectivity index (χ1v) is 9.63. The number of hydrogen-bond donors (Lipinski definition) is 3. The lowest BCUT2D eigenvalue weighted by Gasteiger charge is -2.17. The predicted octanol–water partition coefficient (Wildman–Crippen LogP) is 4.81. The molecule has 0 aliphatic carbocycles. The van der Waals surface area contributed by atoms with E-state index in [0.717, 1.165) is 0 Å². The molecule has 0 spiro atoms. The predicted molar refractivity (Wildman–Crippen MR) is 106 cm³/mol. The van der Waals surface area contributed by atoms with Gasteiger partial charge in [-0.15, -0.1) is 0 Å². The molecule has 1 atom stereocenters. The Balaban J connectivity index is 2.12. The van der Waals surface area contributed by atoms with Crippen LogP contribution < -0.4 is 10.6 Å². The number of aryl methyl sites for hydroxylation is 1. The van der Waals surface area contributed by atoms with Crippen LogP contribution >= 0.6 is 0 Å². The molecule has 7 nitrogen and oxygen atoms in total. The van der Waals surface area contributed by atoms with Crippen molar-refractivity contribution in [1.82, 2.24) is 19.5 Å². The van der Waals surface area contributed by atoms with Gasteiger partial charge in [-0.1, -0.05) is 6.92 Å². The highest BCUT2D eigenvalue weighted by Gasteiger charge is 2.37. The molecule has 1 unspecified atom stereocenters. The summed E-state index contributed by atoms with van der Waals surface area (Å²) in [6.07, 6.45) is -8.00. The van der Waals surface area contributed by atoms with Gasteiger partial charge >= 0.3 is 12.4 Å². The summed E-state index contributed by atoms with van der Waals surface area (Å²) in [7, 11) is 0. The first kappa shape index (κ1) is 23.6. The number of benzene rings is 1. The van der Waals surface area contributed by atoms with Crippen molar-refractivity contribution in [2.24, 2.45) is 0 Å². The molecule has 13 heteroatoms. The van der Waals surface area contributed by atoms with Crippen LogP contribution in [0.4, 0.5) is 43.8 Å². The second-order valence-corrected chi connectivity index (χ2v) is 6.95. The number of imidazole rings is 1. The van der Waals surface area contributed by atoms with Gasteiger partial charge in [0.15, 0.2) is 17.0 Å². The minimum Gasteiger partial charge on any atom is -0.394 e. The first-order chi connectivity index (χ1) is 15.0. The van der Waals surface area contributed by atoms with Gasteiger partial charge in [-0.2, -0.15) is 36.3 Å². The van der Waals surface area contributed by atoms with E-state index in [0.29, 0.717) is 30.7 Å². The largest absolute Gasteiger partial charge is 0.416 e. The molecule has 0 saturated heterocycles. The number of aliphatic hydroxyl groups excluding tert-OH is 1. The number of aliphatic hydroxyl groups is 1. The van der Waals surface area contributed by atoms with Crippen LogP contribution in [-0.4, -0.2) is 37.3 Å². The van der Waals surface area contributed by atoms with Gasteiger partial charge in [0, 0.05) is 12.2 Å². The summed E-state index contributed by atoms with van der Waals surface area (Å²) < 4.78 is 80.8. The van der Waals surface area contributed by atoms with Crippen molar-refractivity contribution in [3.05, 3.63) is 35.7 Å². The first-order valence-electron chi connectivity index (χ1n) is 9.63. The van der Waals surface area contributed by atoms with E-state index in [-0.39, 0.29) is 30.0 Å². The number of halogens is 6. The normalized spacial score (nSPS) is 13.4. The Labute approximate surface area is 178 Å². The highest BCUT2D eigenvalue weighted by atomic mass is 19.4. The molecule has 3 aromatic rings. The maximum Gasteiger partial charge on any atom is 0.416 e. The molecular weight excluding hydrogens is 442 g/mol. The zero-order valence-electron chi connectivity index (χ0n) is 17.0. The van der Waals surface area contributed by atoms with E-state index >= 15 is 0 Å². The molecule has 32 heavy (non-hydrogen) atoms. The molecule has 2 aromatic heterocycles. The summed E-state index contributed by atoms with van der Waals surface area (Å²) in [6.45, 7) is 3.86. The van der Waals surface area contributed by atoms with E-state index in [2.05, 4.69) is 25.6 Å². The van der Waals surface area contributed by atoms with E-state index in [1.54, 1.807) is 4.57 Å². The molecule has 0 saturated carbocycles. The Morgan fingerprint density at radius 3 is 2.12 bits per heavy atom. The van der Waals surface area contributed by atoms with Gasteiger partial charge in [0.1, 0.15) is 0 Å². The van der Waals surface area contributed by atoms with Crippen LogP contribution in [0.1, 0.15) is 31.4 Å². The lowest BCUT2D eigenvalue weighted by Crippen LogP contribution is -2.24. The number of anilines is 3. The SMILES string of the molecule is CCC(CO)Nc1nc(Nc2cc(C(F)(F)F)cc(C(F)(F)F)c2)c2ncn(CC)c2n1. The standard InChI is InChI=1S/C19H20F6N6O/c1-3-12(8-32)28-17-29-15(14-16(30-17)31(4-2)9-26-14)27-13-6-10(18(20,21)22)5-11(7-13)19(23,24)25/h5-7,9,12,32H,3-4,8H2,1-2H3,(H2,27,28,29,30). The van der Waals surface area contributed by atoms with Crippen molar-refractivity contribution in [2.45, 2.75) is 45.2 Å². The fraction of sp³-hybridized carbons (Fsp3) is 0.421. The maximum atomic E-state index is 13.2. The smallest absolute Gasteiger partial charge is 0.394 e. The highest BCUT2D eigenvalue weighted by molar-refractivity contribution is 5.86. The zero-order valence-corrected chi connectivity index (χ0v) is 17.0. The quantitative estimate of drug-likeness (QED) is 0.437. The number of rotatable bonds is 7. The Morgan fingerprint density at radius 1 is 1.00 bits per heavy atom. The van der Waals surface area contributed by atoms with Gasteiger partial charge in [0.25, 0.3) is 0 Å². The Bertz CT molecular complexity index is 1060. The van der Waals surface area contributed by atoms with Crippen molar-refractivity contribution in [1.29, 1.82) is 0 Å². The highest BCUT2D eigenvalue weighted by Crippen LogP contribution is 2.38. The molecule has 2 heterocycles. The molecule has 0 aliphatic rings. The number of hydrogen-bond acceptors (Lipinski definition) is 6. The van der Waals surface area contributed by atoms with Gasteiger partial charge in [-0.05, 0) is 31.5 Å². The van der Waals surface area contributed by atoms with E-state index in [4.69, 9.17) is 0 Å². The summed E-state index contributed by atoms with van der Waals surface area (Å²) in [5, 5.41) is 14.8. The maximum absolute atomic E-state index is 13.2. The van der Waals surface area contributed by atoms with Crippen molar-refractivity contribution in [3.8, 4) is 0 Å². The fourth-order valence-corrected chi connectivity index (χ4v) is 2.95. The van der Waals surface area contributed by atoms with Gasteiger partial charge in [0.2, 0.25) is 5.95 Å². The van der Waals surface area contributed by atoms with Gasteiger partial charge in [-0.3, -0.25) is 0 Å². The van der Waals surface area contributed by atoms with E-state index < -0.39 is 35.2 Å². The summed E-state index contributed by atoms with van der Waals surface area (Å²) in [5.41, 5.74) is -2.88. The van der Waals surface area contributed by atoms with E-state index in [1.807, 2.05) is 13.8 Å². The summed E-state index contributed by atoms with van der Waals surface area (Å²) >= 11 is 0. The van der Waals surface area contributed by atoms with Crippen LogP contribution in [0.3, 0.4) is 0 Å². The third-order valence-electron chi connectivity index (χ3n) is 4.70. The Hall–Kier alpha value is -3.09. The lowest BCUT2D eigenvalue weighted by atomic mass is 10.1. The van der Waals surface area contributed by atoms with Crippen molar-refractivity contribution in [3.63, 3.8) is 0 Å². The second-order valence-electron chi connectivity index (χ2n) is 6.95. The summed E-state index contributed by atoms with van der Waals surface area (Å²) in [4.78, 5) is 12.6. The van der Waals surface area contributed by atoms with Crippen LogP contribution in [-0.2, 0) is 18.9 Å². The van der Waals surface area contributed by atoms with Crippen LogP contribution in [0.2, 0.25) is 0 Å². The molecule has 3 N–H and O–H groups in total. The number of aromatic nitrogens is 4. The average Bonchev–Trinajstić information content (AvgIpc) is 3.13. The van der Waals surface area contributed by atoms with Crippen LogP contribution in [0, 0.1) is 0 Å². The number of nitrogens with zero attached hydrogens (tertiary/aromatic N) is 4. The Kier molecular flexibility index (Phi) is 6.49. The topological polar surface area (TPSA) is 87.9 Å². The number of nitrogens with one attached hydrogen (secondary N) is 2. The number of alkyl halides is 6.